The molecule has 34 heavy (non-hydrogen) atoms. The molecule has 4 aromatic rings. The van der Waals surface area contributed by atoms with E-state index < -0.39 is 0 Å². The number of anilines is 2. The second-order valence-corrected chi connectivity index (χ2v) is 9.22. The molecule has 1 saturated heterocycles. The van der Waals surface area contributed by atoms with Gasteiger partial charge in [0.25, 0.3) is 5.91 Å². The monoisotopic (exact) mass is 453 g/mol. The summed E-state index contributed by atoms with van der Waals surface area (Å²) in [4.78, 5) is 38.5. The molecule has 2 N–H and O–H groups in total. The van der Waals surface area contributed by atoms with Crippen LogP contribution in [-0.4, -0.2) is 52.9 Å². The maximum absolute atomic E-state index is 13.7. The molecule has 0 unspecified atom stereocenters. The quantitative estimate of drug-likeness (QED) is 0.479. The lowest BCUT2D eigenvalue weighted by atomic mass is 10.0. The number of fused-ring (bicyclic) bond motifs is 2. The molecule has 2 amide bonds. The molecule has 6 rings (SSSR count). The van der Waals surface area contributed by atoms with Crippen molar-refractivity contribution in [3.63, 3.8) is 0 Å². The summed E-state index contributed by atoms with van der Waals surface area (Å²) in [6, 6.07) is 19.8. The van der Waals surface area contributed by atoms with E-state index in [2.05, 4.69) is 15.2 Å². The lowest BCUT2D eigenvalue weighted by Crippen LogP contribution is -2.36. The van der Waals surface area contributed by atoms with E-state index in [1.54, 1.807) is 0 Å². The van der Waals surface area contributed by atoms with Crippen molar-refractivity contribution in [2.24, 2.45) is 5.92 Å². The normalized spacial score (nSPS) is 16.6. The highest BCUT2D eigenvalue weighted by molar-refractivity contribution is 6.08. The molecule has 1 saturated carbocycles. The largest absolute Gasteiger partial charge is 0.341 e. The Balaban J connectivity index is 1.25. The molecule has 0 radical (unpaired) electrons. The fourth-order valence-corrected chi connectivity index (χ4v) is 4.69. The van der Waals surface area contributed by atoms with Gasteiger partial charge in [-0.3, -0.25) is 9.59 Å². The van der Waals surface area contributed by atoms with Gasteiger partial charge in [0.05, 0.1) is 22.3 Å². The van der Waals surface area contributed by atoms with Gasteiger partial charge >= 0.3 is 0 Å². The Kier molecular flexibility index (Phi) is 5.17. The minimum atomic E-state index is -0.0386. The van der Waals surface area contributed by atoms with Crippen molar-refractivity contribution in [2.75, 3.05) is 36.4 Å². The third kappa shape index (κ3) is 3.98. The second-order valence-electron chi connectivity index (χ2n) is 9.22. The summed E-state index contributed by atoms with van der Waals surface area (Å²) in [5.41, 5.74) is 3.13. The van der Waals surface area contributed by atoms with Crippen molar-refractivity contribution in [1.29, 1.82) is 0 Å². The maximum atomic E-state index is 13.7. The van der Waals surface area contributed by atoms with Gasteiger partial charge < -0.3 is 20.1 Å². The fraction of sp³-hybridized carbons (Fsp3) is 0.296. The number of carbonyl (C=O) groups is 2. The molecule has 2 aliphatic rings. The van der Waals surface area contributed by atoms with Gasteiger partial charge in [0.2, 0.25) is 11.9 Å². The van der Waals surface area contributed by atoms with Crippen LogP contribution in [0.3, 0.4) is 0 Å². The molecule has 3 aromatic carbocycles. The summed E-state index contributed by atoms with van der Waals surface area (Å²) in [7, 11) is 0. The molecule has 1 aliphatic heterocycles. The van der Waals surface area contributed by atoms with Crippen LogP contribution in [0.1, 0.15) is 29.6 Å². The number of aromatic amines is 1. The predicted molar refractivity (Wildman–Crippen MR) is 134 cm³/mol. The van der Waals surface area contributed by atoms with Crippen molar-refractivity contribution < 1.29 is 9.59 Å². The molecule has 7 heteroatoms. The molecule has 0 spiro atoms. The summed E-state index contributed by atoms with van der Waals surface area (Å²) < 4.78 is 0. The first-order valence-electron chi connectivity index (χ1n) is 12.0. The summed E-state index contributed by atoms with van der Waals surface area (Å²) >= 11 is 0. The number of imidazole rings is 1. The first kappa shape index (κ1) is 20.7. The van der Waals surface area contributed by atoms with Crippen LogP contribution < -0.4 is 10.2 Å². The van der Waals surface area contributed by atoms with E-state index >= 15 is 0 Å². The summed E-state index contributed by atoms with van der Waals surface area (Å²) in [6.07, 6.45) is 2.69. The third-order valence-corrected chi connectivity index (χ3v) is 6.78. The molecule has 172 valence electrons. The summed E-state index contributed by atoms with van der Waals surface area (Å²) in [5.74, 6) is 0.892. The lowest BCUT2D eigenvalue weighted by Gasteiger charge is -2.23. The Morgan fingerprint density at radius 1 is 0.912 bits per heavy atom. The number of benzene rings is 3. The topological polar surface area (TPSA) is 81.3 Å². The van der Waals surface area contributed by atoms with Crippen LogP contribution >= 0.6 is 0 Å². The molecular formula is C27H27N5O2. The zero-order valence-corrected chi connectivity index (χ0v) is 19.0. The number of nitrogens with one attached hydrogen (secondary N) is 2. The van der Waals surface area contributed by atoms with Gasteiger partial charge in [-0.1, -0.05) is 36.4 Å². The van der Waals surface area contributed by atoms with Gasteiger partial charge in [0.15, 0.2) is 0 Å². The van der Waals surface area contributed by atoms with Crippen molar-refractivity contribution >= 4 is 45.3 Å². The third-order valence-electron chi connectivity index (χ3n) is 6.78. The van der Waals surface area contributed by atoms with Crippen LogP contribution in [0.25, 0.3) is 21.8 Å². The number of rotatable bonds is 4. The molecule has 0 atom stereocenters. The number of H-pyrrole nitrogens is 1. The van der Waals surface area contributed by atoms with Crippen LogP contribution in [0.4, 0.5) is 11.6 Å². The van der Waals surface area contributed by atoms with E-state index in [4.69, 9.17) is 4.98 Å². The van der Waals surface area contributed by atoms with Crippen molar-refractivity contribution in [3.05, 3.63) is 66.2 Å². The highest BCUT2D eigenvalue weighted by atomic mass is 16.2. The van der Waals surface area contributed by atoms with Gasteiger partial charge in [-0.2, -0.15) is 0 Å². The van der Waals surface area contributed by atoms with Crippen molar-refractivity contribution in [2.45, 2.75) is 19.3 Å². The number of hydrogen-bond acceptors (Lipinski definition) is 4. The number of para-hydroxylation sites is 2. The number of nitrogens with zero attached hydrogens (tertiary/aromatic N) is 3. The van der Waals surface area contributed by atoms with Gasteiger partial charge in [-0.05, 0) is 54.3 Å². The predicted octanol–water partition coefficient (Wildman–Crippen LogP) is 4.42. The van der Waals surface area contributed by atoms with Crippen LogP contribution in [0.2, 0.25) is 0 Å². The van der Waals surface area contributed by atoms with Crippen LogP contribution in [0.15, 0.2) is 60.7 Å². The number of hydrogen-bond donors (Lipinski definition) is 2. The molecule has 2 fully saturated rings. The minimum absolute atomic E-state index is 0.0104. The van der Waals surface area contributed by atoms with E-state index in [1.165, 1.54) is 0 Å². The molecular weight excluding hydrogens is 426 g/mol. The fourth-order valence-electron chi connectivity index (χ4n) is 4.69. The van der Waals surface area contributed by atoms with E-state index in [-0.39, 0.29) is 17.7 Å². The van der Waals surface area contributed by atoms with Crippen LogP contribution in [0, 0.1) is 5.92 Å². The van der Waals surface area contributed by atoms with Gasteiger partial charge in [0.1, 0.15) is 0 Å². The highest BCUT2D eigenvalue weighted by Crippen LogP contribution is 2.32. The Hall–Kier alpha value is -3.87. The summed E-state index contributed by atoms with van der Waals surface area (Å²) in [5, 5.41) is 5.04. The molecule has 1 aromatic heterocycles. The first-order chi connectivity index (χ1) is 16.7. The number of aromatic nitrogens is 2. The average Bonchev–Trinajstić information content (AvgIpc) is 3.66. The standard InChI is InChI=1S/C27H27N5O2/c33-25(18-10-11-18)28-24-17-20-7-2-1-6-19(20)16-21(24)26(34)31-12-5-13-32(15-14-31)27-29-22-8-3-4-9-23(22)30-27/h1-4,6-9,16-18H,5,10-15H2,(H,28,33)(H,29,30). The lowest BCUT2D eigenvalue weighted by molar-refractivity contribution is -0.117. The number of carbonyl (C=O) groups excluding carboxylic acids is 2. The van der Waals surface area contributed by atoms with Crippen molar-refractivity contribution in [1.82, 2.24) is 14.9 Å². The Labute approximate surface area is 197 Å². The molecule has 1 aliphatic carbocycles. The zero-order chi connectivity index (χ0) is 23.1. The summed E-state index contributed by atoms with van der Waals surface area (Å²) in [6.45, 7) is 2.78. The molecule has 2 heterocycles. The SMILES string of the molecule is O=C(Nc1cc2ccccc2cc1C(=O)N1CCCN(c2nc3ccccc3[nH]2)CC1)C1CC1. The van der Waals surface area contributed by atoms with Crippen molar-refractivity contribution in [3.8, 4) is 0 Å². The van der Waals surface area contributed by atoms with E-state index in [0.717, 1.165) is 53.6 Å². The Morgan fingerprint density at radius 3 is 2.47 bits per heavy atom. The van der Waals surface area contributed by atoms with E-state index in [1.807, 2.05) is 65.6 Å². The average molecular weight is 454 g/mol. The Bertz CT molecular complexity index is 1360. The molecule has 0 bridgehead atoms. The van der Waals surface area contributed by atoms with Gasteiger partial charge in [0, 0.05) is 32.1 Å². The van der Waals surface area contributed by atoms with Gasteiger partial charge in [-0.15, -0.1) is 0 Å². The van der Waals surface area contributed by atoms with E-state index in [9.17, 15) is 9.59 Å². The highest BCUT2D eigenvalue weighted by Gasteiger charge is 2.31. The number of amides is 2. The van der Waals surface area contributed by atoms with Crippen LogP contribution in [-0.2, 0) is 4.79 Å². The first-order valence-corrected chi connectivity index (χ1v) is 12.0. The zero-order valence-electron chi connectivity index (χ0n) is 19.0. The smallest absolute Gasteiger partial charge is 0.256 e. The Morgan fingerprint density at radius 2 is 1.68 bits per heavy atom. The minimum Gasteiger partial charge on any atom is -0.341 e. The maximum Gasteiger partial charge on any atom is 0.256 e. The second kappa shape index (κ2) is 8.48. The van der Waals surface area contributed by atoms with Crippen LogP contribution in [0.5, 0.6) is 0 Å². The molecule has 7 nitrogen and oxygen atoms in total. The van der Waals surface area contributed by atoms with E-state index in [0.29, 0.717) is 30.9 Å². The van der Waals surface area contributed by atoms with Gasteiger partial charge in [-0.25, -0.2) is 4.98 Å².